The van der Waals surface area contributed by atoms with Gasteiger partial charge in [-0.2, -0.15) is 0 Å². The van der Waals surface area contributed by atoms with Gasteiger partial charge >= 0.3 is 0 Å². The maximum atomic E-state index is 5.74. The summed E-state index contributed by atoms with van der Waals surface area (Å²) in [4.78, 5) is 2.42. The number of nitrogens with two attached hydrogens (primary N) is 1. The molecule has 0 spiro atoms. The number of anilines is 2. The minimum absolute atomic E-state index is 0.614. The van der Waals surface area contributed by atoms with Crippen LogP contribution in [0.15, 0.2) is 42.5 Å². The monoisotopic (exact) mass is 252 g/mol. The van der Waals surface area contributed by atoms with Crippen LogP contribution in [0.5, 0.6) is 0 Å². The van der Waals surface area contributed by atoms with E-state index in [0.717, 1.165) is 6.54 Å². The molecule has 2 heteroatoms. The summed E-state index contributed by atoms with van der Waals surface area (Å²) in [6.45, 7) is 3.85. The van der Waals surface area contributed by atoms with Gasteiger partial charge in [0, 0.05) is 24.5 Å². The molecule has 0 unspecified atom stereocenters. The van der Waals surface area contributed by atoms with Gasteiger partial charge in [-0.05, 0) is 54.7 Å². The highest BCUT2D eigenvalue weighted by Crippen LogP contribution is 2.33. The molecule has 0 radical (unpaired) electrons. The van der Waals surface area contributed by atoms with Crippen LogP contribution in [0.4, 0.5) is 11.4 Å². The van der Waals surface area contributed by atoms with Crippen LogP contribution < -0.4 is 10.6 Å². The maximum absolute atomic E-state index is 5.74. The standard InChI is InChI=1S/C17H20N2/c1-13-11-16(9-8-15(13)12-18)19-10-4-6-14-5-2-3-7-17(14)19/h2-3,5,7-9,11H,4,6,10,12,18H2,1H3. The summed E-state index contributed by atoms with van der Waals surface area (Å²) in [5, 5.41) is 0. The molecule has 19 heavy (non-hydrogen) atoms. The maximum Gasteiger partial charge on any atom is 0.0443 e. The first-order chi connectivity index (χ1) is 9.29. The van der Waals surface area contributed by atoms with Gasteiger partial charge in [0.15, 0.2) is 0 Å². The number of hydrogen-bond acceptors (Lipinski definition) is 2. The second kappa shape index (κ2) is 5.06. The largest absolute Gasteiger partial charge is 0.341 e. The minimum atomic E-state index is 0.614. The number of hydrogen-bond donors (Lipinski definition) is 1. The molecule has 1 heterocycles. The van der Waals surface area contributed by atoms with E-state index in [0.29, 0.717) is 6.54 Å². The van der Waals surface area contributed by atoms with Crippen molar-refractivity contribution in [3.63, 3.8) is 0 Å². The van der Waals surface area contributed by atoms with Gasteiger partial charge in [-0.25, -0.2) is 0 Å². The highest BCUT2D eigenvalue weighted by molar-refractivity contribution is 5.68. The Kier molecular flexibility index (Phi) is 3.26. The van der Waals surface area contributed by atoms with E-state index in [4.69, 9.17) is 5.73 Å². The first-order valence-electron chi connectivity index (χ1n) is 6.94. The average molecular weight is 252 g/mol. The molecule has 0 aromatic heterocycles. The van der Waals surface area contributed by atoms with Crippen LogP contribution in [0, 0.1) is 6.92 Å². The SMILES string of the molecule is Cc1cc(N2CCCc3ccccc32)ccc1CN. The molecule has 0 aliphatic carbocycles. The molecule has 2 aromatic rings. The molecule has 2 N–H and O–H groups in total. The Balaban J connectivity index is 2.02. The van der Waals surface area contributed by atoms with Crippen molar-refractivity contribution in [2.45, 2.75) is 26.3 Å². The molecule has 0 saturated carbocycles. The first kappa shape index (κ1) is 12.2. The molecule has 0 fully saturated rings. The lowest BCUT2D eigenvalue weighted by Crippen LogP contribution is -2.24. The van der Waals surface area contributed by atoms with Gasteiger partial charge in [-0.3, -0.25) is 0 Å². The number of para-hydroxylation sites is 1. The van der Waals surface area contributed by atoms with Crippen LogP contribution in [-0.2, 0) is 13.0 Å². The predicted molar refractivity (Wildman–Crippen MR) is 80.8 cm³/mol. The van der Waals surface area contributed by atoms with Gasteiger partial charge in [-0.15, -0.1) is 0 Å². The summed E-state index contributed by atoms with van der Waals surface area (Å²) in [5.41, 5.74) is 12.3. The predicted octanol–water partition coefficient (Wildman–Crippen LogP) is 3.54. The van der Waals surface area contributed by atoms with Gasteiger partial charge in [0.25, 0.3) is 0 Å². The van der Waals surface area contributed by atoms with Crippen molar-refractivity contribution in [1.82, 2.24) is 0 Å². The van der Waals surface area contributed by atoms with Crippen molar-refractivity contribution in [3.05, 3.63) is 59.2 Å². The minimum Gasteiger partial charge on any atom is -0.341 e. The second-order valence-corrected chi connectivity index (χ2v) is 5.20. The fraction of sp³-hybridized carbons (Fsp3) is 0.294. The van der Waals surface area contributed by atoms with Crippen LogP contribution in [0.2, 0.25) is 0 Å². The van der Waals surface area contributed by atoms with Crippen LogP contribution in [0.25, 0.3) is 0 Å². The third-order valence-electron chi connectivity index (χ3n) is 3.97. The Bertz CT molecular complexity index is 590. The number of rotatable bonds is 2. The van der Waals surface area contributed by atoms with E-state index >= 15 is 0 Å². The third kappa shape index (κ3) is 2.24. The topological polar surface area (TPSA) is 29.3 Å². The lowest BCUT2D eigenvalue weighted by molar-refractivity contribution is 0.766. The van der Waals surface area contributed by atoms with E-state index in [-0.39, 0.29) is 0 Å². The summed E-state index contributed by atoms with van der Waals surface area (Å²) < 4.78 is 0. The van der Waals surface area contributed by atoms with Gasteiger partial charge < -0.3 is 10.6 Å². The second-order valence-electron chi connectivity index (χ2n) is 5.20. The molecular weight excluding hydrogens is 232 g/mol. The van der Waals surface area contributed by atoms with E-state index in [2.05, 4.69) is 54.3 Å². The Morgan fingerprint density at radius 2 is 2.00 bits per heavy atom. The van der Waals surface area contributed by atoms with E-state index in [9.17, 15) is 0 Å². The third-order valence-corrected chi connectivity index (χ3v) is 3.97. The van der Waals surface area contributed by atoms with E-state index in [1.807, 2.05) is 0 Å². The van der Waals surface area contributed by atoms with Crippen molar-refractivity contribution in [2.24, 2.45) is 5.73 Å². The molecule has 0 amide bonds. The highest BCUT2D eigenvalue weighted by Gasteiger charge is 2.17. The lowest BCUT2D eigenvalue weighted by Gasteiger charge is -2.31. The molecule has 0 saturated heterocycles. The smallest absolute Gasteiger partial charge is 0.0443 e. The Hall–Kier alpha value is -1.80. The van der Waals surface area contributed by atoms with Gasteiger partial charge in [0.2, 0.25) is 0 Å². The zero-order valence-electron chi connectivity index (χ0n) is 11.4. The summed E-state index contributed by atoms with van der Waals surface area (Å²) in [5.74, 6) is 0. The van der Waals surface area contributed by atoms with Crippen molar-refractivity contribution < 1.29 is 0 Å². The molecule has 98 valence electrons. The van der Waals surface area contributed by atoms with Crippen LogP contribution in [0.1, 0.15) is 23.1 Å². The Labute approximate surface area is 114 Å². The fourth-order valence-corrected chi connectivity index (χ4v) is 2.88. The van der Waals surface area contributed by atoms with E-state index < -0.39 is 0 Å². The van der Waals surface area contributed by atoms with Crippen molar-refractivity contribution in [2.75, 3.05) is 11.4 Å². The summed E-state index contributed by atoms with van der Waals surface area (Å²) in [7, 11) is 0. The van der Waals surface area contributed by atoms with Gasteiger partial charge in [0.1, 0.15) is 0 Å². The number of fused-ring (bicyclic) bond motifs is 1. The quantitative estimate of drug-likeness (QED) is 0.885. The number of benzene rings is 2. The zero-order valence-corrected chi connectivity index (χ0v) is 11.4. The first-order valence-corrected chi connectivity index (χ1v) is 6.94. The number of nitrogens with zero attached hydrogens (tertiary/aromatic N) is 1. The van der Waals surface area contributed by atoms with Crippen molar-refractivity contribution in [1.29, 1.82) is 0 Å². The molecule has 2 aromatic carbocycles. The molecule has 1 aliphatic heterocycles. The van der Waals surface area contributed by atoms with Crippen LogP contribution in [0.3, 0.4) is 0 Å². The summed E-state index contributed by atoms with van der Waals surface area (Å²) in [6.07, 6.45) is 2.40. The van der Waals surface area contributed by atoms with Crippen LogP contribution >= 0.6 is 0 Å². The van der Waals surface area contributed by atoms with Gasteiger partial charge in [-0.1, -0.05) is 24.3 Å². The Morgan fingerprint density at radius 3 is 2.79 bits per heavy atom. The molecular formula is C17H20N2. The lowest BCUT2D eigenvalue weighted by atomic mass is 10.00. The van der Waals surface area contributed by atoms with Crippen molar-refractivity contribution in [3.8, 4) is 0 Å². The van der Waals surface area contributed by atoms with Crippen molar-refractivity contribution >= 4 is 11.4 Å². The summed E-state index contributed by atoms with van der Waals surface area (Å²) >= 11 is 0. The zero-order chi connectivity index (χ0) is 13.2. The molecule has 1 aliphatic rings. The number of aryl methyl sites for hydroxylation is 2. The normalized spacial score (nSPS) is 14.3. The van der Waals surface area contributed by atoms with Crippen LogP contribution in [-0.4, -0.2) is 6.54 Å². The molecule has 3 rings (SSSR count). The molecule has 0 bridgehead atoms. The van der Waals surface area contributed by atoms with E-state index in [1.165, 1.54) is 40.9 Å². The average Bonchev–Trinajstić information content (AvgIpc) is 2.46. The molecule has 2 nitrogen and oxygen atoms in total. The van der Waals surface area contributed by atoms with E-state index in [1.54, 1.807) is 0 Å². The Morgan fingerprint density at radius 1 is 1.16 bits per heavy atom. The fourth-order valence-electron chi connectivity index (χ4n) is 2.88. The highest BCUT2D eigenvalue weighted by atomic mass is 15.1. The summed E-state index contributed by atoms with van der Waals surface area (Å²) in [6, 6.07) is 15.3. The molecule has 0 atom stereocenters. The van der Waals surface area contributed by atoms with Gasteiger partial charge in [0.05, 0.1) is 0 Å².